The van der Waals surface area contributed by atoms with Gasteiger partial charge in [0.1, 0.15) is 24.9 Å². The van der Waals surface area contributed by atoms with Crippen LogP contribution in [0.1, 0.15) is 56.6 Å². The number of aliphatic imine (C=N–C) groups is 1. The van der Waals surface area contributed by atoms with Gasteiger partial charge in [0.2, 0.25) is 0 Å². The summed E-state index contributed by atoms with van der Waals surface area (Å²) >= 11 is 0. The maximum atomic E-state index is 13.5. The first-order valence-electron chi connectivity index (χ1n) is 11.3. The molecule has 0 aromatic heterocycles. The van der Waals surface area contributed by atoms with Gasteiger partial charge in [0.25, 0.3) is 0 Å². The second-order valence-electron chi connectivity index (χ2n) is 9.26. The van der Waals surface area contributed by atoms with E-state index in [0.717, 1.165) is 50.1 Å². The van der Waals surface area contributed by atoms with E-state index in [1.807, 2.05) is 12.1 Å². The van der Waals surface area contributed by atoms with Crippen molar-refractivity contribution >= 4 is 17.8 Å². The Kier molecular flexibility index (Phi) is 6.26. The van der Waals surface area contributed by atoms with Gasteiger partial charge in [0, 0.05) is 31.0 Å². The predicted molar refractivity (Wildman–Crippen MR) is 128 cm³/mol. The molecule has 0 spiro atoms. The summed E-state index contributed by atoms with van der Waals surface area (Å²) in [4.78, 5) is 17.5. The molecule has 2 aromatic rings. The molecule has 1 fully saturated rings. The molecule has 2 aliphatic rings. The van der Waals surface area contributed by atoms with Gasteiger partial charge in [-0.15, -0.1) is 0 Å². The lowest BCUT2D eigenvalue weighted by Crippen LogP contribution is -2.48. The van der Waals surface area contributed by atoms with E-state index in [2.05, 4.69) is 49.2 Å². The molecule has 2 heterocycles. The van der Waals surface area contributed by atoms with E-state index in [1.165, 1.54) is 27.8 Å². The van der Waals surface area contributed by atoms with Gasteiger partial charge in [-0.2, -0.15) is 5.10 Å². The van der Waals surface area contributed by atoms with Crippen LogP contribution in [-0.4, -0.2) is 55.7 Å². The molecule has 0 aliphatic carbocycles. The number of carbonyl (C=O) groups is 1. The summed E-state index contributed by atoms with van der Waals surface area (Å²) in [5, 5.41) is 3.80. The summed E-state index contributed by atoms with van der Waals surface area (Å²) < 4.78 is 6.26. The van der Waals surface area contributed by atoms with Crippen LogP contribution in [0.5, 0.6) is 0 Å². The number of ether oxygens (including phenoxy) is 1. The maximum Gasteiger partial charge on any atom is 0.346 e. The quantitative estimate of drug-likeness (QED) is 0.328. The summed E-state index contributed by atoms with van der Waals surface area (Å²) in [6, 6.07) is 10.3. The molecule has 2 unspecified atom stereocenters. The van der Waals surface area contributed by atoms with Crippen LogP contribution in [0, 0.1) is 13.8 Å². The average Bonchev–Trinajstić information content (AvgIpc) is 3.38. The number of rotatable bonds is 6. The lowest BCUT2D eigenvalue weighted by atomic mass is 9.91. The molecule has 1 amide bonds. The Labute approximate surface area is 190 Å². The van der Waals surface area contributed by atoms with Crippen LogP contribution in [0.2, 0.25) is 0 Å². The third-order valence-corrected chi connectivity index (χ3v) is 7.03. The Morgan fingerprint density at radius 3 is 2.62 bits per heavy atom. The van der Waals surface area contributed by atoms with Crippen molar-refractivity contribution in [1.29, 1.82) is 0 Å². The molecule has 0 saturated carbocycles. The Morgan fingerprint density at radius 2 is 2.00 bits per heavy atom. The molecule has 2 N–H and O–H groups in total. The largest absolute Gasteiger partial charge is 0.372 e. The zero-order valence-electron chi connectivity index (χ0n) is 19.5. The Hall–Kier alpha value is -2.83. The summed E-state index contributed by atoms with van der Waals surface area (Å²) in [6.45, 7) is 6.66. The fraction of sp³-hybridized carbons (Fsp3) is 0.423. The zero-order chi connectivity index (χ0) is 22.9. The van der Waals surface area contributed by atoms with Gasteiger partial charge in [0.05, 0.1) is 12.6 Å². The fourth-order valence-corrected chi connectivity index (χ4v) is 5.03. The molecule has 6 nitrogen and oxygen atoms in total. The van der Waals surface area contributed by atoms with Gasteiger partial charge in [-0.3, -0.25) is 9.48 Å². The number of hydrazone groups is 1. The molecule has 6 heteroatoms. The molecule has 0 bridgehead atoms. The summed E-state index contributed by atoms with van der Waals surface area (Å²) in [5.41, 5.74) is 8.57. The highest BCUT2D eigenvalue weighted by atomic mass is 16.5. The third kappa shape index (κ3) is 4.12. The minimum absolute atomic E-state index is 0.192. The standard InChI is InChI=1S/C26H33N4O2/c1-17-18(2)24-16-30(4,15-22-6-5-11-32-22)26(31)23(24)13-21(17)12-19-7-9-20(10-8-19)25(29-27)14-28-3/h7-10,13-14,22H,5-6,11-12,15-16,27H2,1-4H3/q+1. The lowest BCUT2D eigenvalue weighted by Gasteiger charge is -2.28. The molecule has 1 saturated heterocycles. The molecule has 2 aromatic carbocycles. The number of hydrogen-bond acceptors (Lipinski definition) is 5. The molecule has 0 radical (unpaired) electrons. The highest BCUT2D eigenvalue weighted by molar-refractivity contribution is 6.38. The van der Waals surface area contributed by atoms with E-state index in [0.29, 0.717) is 10.2 Å². The summed E-state index contributed by atoms with van der Waals surface area (Å²) in [6.07, 6.45) is 4.77. The average molecular weight is 434 g/mol. The third-order valence-electron chi connectivity index (χ3n) is 7.03. The predicted octanol–water partition coefficient (Wildman–Crippen LogP) is 3.54. The number of quaternary nitrogens is 1. The van der Waals surface area contributed by atoms with Crippen LogP contribution in [0.3, 0.4) is 0 Å². The minimum Gasteiger partial charge on any atom is -0.372 e. The van der Waals surface area contributed by atoms with Crippen molar-refractivity contribution in [3.63, 3.8) is 0 Å². The van der Waals surface area contributed by atoms with E-state index in [9.17, 15) is 4.79 Å². The van der Waals surface area contributed by atoms with Crippen LogP contribution in [-0.2, 0) is 17.7 Å². The Balaban J connectivity index is 1.59. The smallest absolute Gasteiger partial charge is 0.346 e. The van der Waals surface area contributed by atoms with Gasteiger partial charge in [0.15, 0.2) is 0 Å². The molecule has 2 atom stereocenters. The first-order valence-corrected chi connectivity index (χ1v) is 11.3. The second-order valence-corrected chi connectivity index (χ2v) is 9.26. The van der Waals surface area contributed by atoms with Crippen molar-refractivity contribution < 1.29 is 14.0 Å². The van der Waals surface area contributed by atoms with Gasteiger partial charge in [-0.25, -0.2) is 4.79 Å². The SMILES string of the molecule is CN=CC(=NN)c1ccc(Cc2cc3c(c(C)c2C)C[N+](C)(CC2CCCO2)C3=O)cc1. The number of nitrogens with zero attached hydrogens (tertiary/aromatic N) is 3. The molecule has 168 valence electrons. The van der Waals surface area contributed by atoms with Crippen molar-refractivity contribution in [1.82, 2.24) is 0 Å². The van der Waals surface area contributed by atoms with Crippen LogP contribution in [0.15, 0.2) is 40.4 Å². The van der Waals surface area contributed by atoms with Crippen LogP contribution < -0.4 is 5.84 Å². The molecule has 4 rings (SSSR count). The van der Waals surface area contributed by atoms with Gasteiger partial charge in [-0.1, -0.05) is 24.3 Å². The minimum atomic E-state index is 0.192. The second kappa shape index (κ2) is 8.96. The van der Waals surface area contributed by atoms with E-state index in [-0.39, 0.29) is 12.0 Å². The first-order chi connectivity index (χ1) is 15.4. The van der Waals surface area contributed by atoms with Crippen LogP contribution in [0.4, 0.5) is 0 Å². The van der Waals surface area contributed by atoms with Crippen molar-refractivity contribution in [2.24, 2.45) is 15.9 Å². The number of amides is 1. The van der Waals surface area contributed by atoms with Gasteiger partial charge in [-0.05, 0) is 61.4 Å². The lowest BCUT2D eigenvalue weighted by molar-refractivity contribution is -0.841. The zero-order valence-corrected chi connectivity index (χ0v) is 19.5. The molecular weight excluding hydrogens is 400 g/mol. The number of benzene rings is 2. The fourth-order valence-electron chi connectivity index (χ4n) is 5.03. The van der Waals surface area contributed by atoms with Crippen LogP contribution >= 0.6 is 0 Å². The van der Waals surface area contributed by atoms with Gasteiger partial charge >= 0.3 is 5.91 Å². The number of nitrogens with two attached hydrogens (primary N) is 1. The van der Waals surface area contributed by atoms with Crippen molar-refractivity contribution in [2.75, 3.05) is 27.2 Å². The Morgan fingerprint density at radius 1 is 1.25 bits per heavy atom. The topological polar surface area (TPSA) is 77.0 Å². The van der Waals surface area contributed by atoms with Crippen molar-refractivity contribution in [2.45, 2.75) is 45.8 Å². The Bertz CT molecular complexity index is 1080. The summed E-state index contributed by atoms with van der Waals surface area (Å²) in [7, 11) is 3.76. The summed E-state index contributed by atoms with van der Waals surface area (Å²) in [5.74, 6) is 5.70. The highest BCUT2D eigenvalue weighted by Gasteiger charge is 2.45. The number of likely N-dealkylation sites (N-methyl/N-ethyl adjacent to an activating group) is 1. The molecule has 2 aliphatic heterocycles. The van der Waals surface area contributed by atoms with Crippen molar-refractivity contribution in [3.8, 4) is 0 Å². The van der Waals surface area contributed by atoms with Crippen LogP contribution in [0.25, 0.3) is 0 Å². The van der Waals surface area contributed by atoms with E-state index < -0.39 is 0 Å². The number of carbonyl (C=O) groups excluding carboxylic acids is 1. The van der Waals surface area contributed by atoms with Gasteiger partial charge < -0.3 is 10.6 Å². The monoisotopic (exact) mass is 433 g/mol. The molecular formula is C26H33N4O2+. The van der Waals surface area contributed by atoms with Crippen molar-refractivity contribution in [3.05, 3.63) is 69.3 Å². The number of hydrogen-bond donors (Lipinski definition) is 1. The highest BCUT2D eigenvalue weighted by Crippen LogP contribution is 2.35. The number of fused-ring (bicyclic) bond motifs is 1. The van der Waals surface area contributed by atoms with E-state index in [1.54, 1.807) is 13.3 Å². The van der Waals surface area contributed by atoms with E-state index >= 15 is 0 Å². The van der Waals surface area contributed by atoms with E-state index in [4.69, 9.17) is 10.6 Å². The normalized spacial score (nSPS) is 23.3. The first kappa shape index (κ1) is 22.4. The molecule has 32 heavy (non-hydrogen) atoms. The maximum absolute atomic E-state index is 13.5.